The number of carbonyl (C=O) groups is 1. The van der Waals surface area contributed by atoms with Gasteiger partial charge in [0.1, 0.15) is 5.75 Å². The maximum atomic E-state index is 12.5. The van der Waals surface area contributed by atoms with Crippen LogP contribution in [-0.2, 0) is 0 Å². The zero-order valence-electron chi connectivity index (χ0n) is 14.8. The highest BCUT2D eigenvalue weighted by Crippen LogP contribution is 2.31. The lowest BCUT2D eigenvalue weighted by atomic mass is 10.2. The van der Waals surface area contributed by atoms with Gasteiger partial charge in [-0.1, -0.05) is 48.8 Å². The minimum atomic E-state index is -0.202. The van der Waals surface area contributed by atoms with Crippen molar-refractivity contribution in [2.24, 2.45) is 0 Å². The number of ether oxygens (including phenoxy) is 1. The molecule has 3 rings (SSSR count). The van der Waals surface area contributed by atoms with Crippen LogP contribution in [-0.4, -0.2) is 17.5 Å². The highest BCUT2D eigenvalue weighted by molar-refractivity contribution is 7.22. The molecule has 4 nitrogen and oxygen atoms in total. The Morgan fingerprint density at radius 3 is 2.92 bits per heavy atom. The van der Waals surface area contributed by atoms with Crippen LogP contribution < -0.4 is 10.1 Å². The van der Waals surface area contributed by atoms with Gasteiger partial charge < -0.3 is 4.74 Å². The molecule has 0 saturated carbocycles. The van der Waals surface area contributed by atoms with Crippen molar-refractivity contribution in [3.05, 3.63) is 52.5 Å². The second kappa shape index (κ2) is 8.52. The quantitative estimate of drug-likeness (QED) is 0.499. The zero-order chi connectivity index (χ0) is 18.5. The summed E-state index contributed by atoms with van der Waals surface area (Å²) in [5, 5.41) is 4.10. The van der Waals surface area contributed by atoms with Gasteiger partial charge in [0.15, 0.2) is 5.13 Å². The number of thiazole rings is 1. The van der Waals surface area contributed by atoms with Crippen LogP contribution in [0.4, 0.5) is 5.13 Å². The van der Waals surface area contributed by atoms with E-state index < -0.39 is 0 Å². The van der Waals surface area contributed by atoms with E-state index in [1.54, 1.807) is 12.1 Å². The highest BCUT2D eigenvalue weighted by Gasteiger charge is 2.13. The smallest absolute Gasteiger partial charge is 0.257 e. The van der Waals surface area contributed by atoms with E-state index in [4.69, 9.17) is 16.3 Å². The molecule has 1 aromatic heterocycles. The molecule has 0 fully saturated rings. The fraction of sp³-hybridized carbons (Fsp3) is 0.300. The molecule has 26 heavy (non-hydrogen) atoms. The molecule has 0 aliphatic carbocycles. The van der Waals surface area contributed by atoms with E-state index in [-0.39, 0.29) is 5.91 Å². The largest absolute Gasteiger partial charge is 0.494 e. The van der Waals surface area contributed by atoms with E-state index in [2.05, 4.69) is 17.2 Å². The molecule has 1 amide bonds. The summed E-state index contributed by atoms with van der Waals surface area (Å²) in [7, 11) is 0. The van der Waals surface area contributed by atoms with Crippen LogP contribution in [0.5, 0.6) is 5.75 Å². The fourth-order valence-corrected chi connectivity index (χ4v) is 3.67. The van der Waals surface area contributed by atoms with Gasteiger partial charge in [-0.3, -0.25) is 10.1 Å². The Kier molecular flexibility index (Phi) is 6.12. The molecule has 0 aliphatic rings. The summed E-state index contributed by atoms with van der Waals surface area (Å²) < 4.78 is 6.71. The van der Waals surface area contributed by atoms with Gasteiger partial charge in [0.2, 0.25) is 0 Å². The Hall–Kier alpha value is -2.11. The SMILES string of the molecule is CCCCCOc1cccc(C(=O)Nc2nc3c(C)c(Cl)ccc3s2)c1. The zero-order valence-corrected chi connectivity index (χ0v) is 16.4. The second-order valence-corrected chi connectivity index (χ2v) is 7.51. The number of hydrogen-bond acceptors (Lipinski definition) is 4. The van der Waals surface area contributed by atoms with E-state index in [9.17, 15) is 4.79 Å². The lowest BCUT2D eigenvalue weighted by molar-refractivity contribution is 0.102. The van der Waals surface area contributed by atoms with Gasteiger partial charge >= 0.3 is 0 Å². The van der Waals surface area contributed by atoms with Crippen LogP contribution in [0.2, 0.25) is 5.02 Å². The van der Waals surface area contributed by atoms with Gasteiger partial charge in [0.25, 0.3) is 5.91 Å². The number of nitrogens with one attached hydrogen (secondary N) is 1. The van der Waals surface area contributed by atoms with Crippen LogP contribution in [0, 0.1) is 6.92 Å². The van der Waals surface area contributed by atoms with E-state index in [0.717, 1.165) is 35.0 Å². The van der Waals surface area contributed by atoms with Crippen molar-refractivity contribution < 1.29 is 9.53 Å². The number of anilines is 1. The van der Waals surface area contributed by atoms with Crippen LogP contribution in [0.15, 0.2) is 36.4 Å². The van der Waals surface area contributed by atoms with Gasteiger partial charge in [-0.25, -0.2) is 4.98 Å². The van der Waals surface area contributed by atoms with Gasteiger partial charge in [-0.15, -0.1) is 0 Å². The maximum Gasteiger partial charge on any atom is 0.257 e. The van der Waals surface area contributed by atoms with Gasteiger partial charge in [-0.2, -0.15) is 0 Å². The molecular formula is C20H21ClN2O2S. The first kappa shape index (κ1) is 18.7. The van der Waals surface area contributed by atoms with Crippen molar-refractivity contribution in [2.75, 3.05) is 11.9 Å². The first-order valence-corrected chi connectivity index (χ1v) is 9.87. The van der Waals surface area contributed by atoms with Crippen molar-refractivity contribution >= 4 is 44.2 Å². The molecule has 2 aromatic carbocycles. The second-order valence-electron chi connectivity index (χ2n) is 6.08. The Labute approximate surface area is 162 Å². The Bertz CT molecular complexity index is 923. The molecule has 136 valence electrons. The van der Waals surface area contributed by atoms with E-state index in [1.807, 2.05) is 31.2 Å². The monoisotopic (exact) mass is 388 g/mol. The summed E-state index contributed by atoms with van der Waals surface area (Å²) in [4.78, 5) is 17.0. The molecule has 0 spiro atoms. The van der Waals surface area contributed by atoms with Gasteiger partial charge in [-0.05, 0) is 49.2 Å². The lowest BCUT2D eigenvalue weighted by Gasteiger charge is -2.07. The predicted molar refractivity (Wildman–Crippen MR) is 109 cm³/mol. The Morgan fingerprint density at radius 2 is 2.12 bits per heavy atom. The number of carbonyl (C=O) groups excluding carboxylic acids is 1. The number of hydrogen-bond donors (Lipinski definition) is 1. The summed E-state index contributed by atoms with van der Waals surface area (Å²) in [5.74, 6) is 0.507. The number of nitrogens with zero attached hydrogens (tertiary/aromatic N) is 1. The molecule has 0 unspecified atom stereocenters. The maximum absolute atomic E-state index is 12.5. The number of halogens is 1. The molecule has 1 heterocycles. The van der Waals surface area contributed by atoms with Crippen LogP contribution >= 0.6 is 22.9 Å². The van der Waals surface area contributed by atoms with E-state index in [1.165, 1.54) is 11.3 Å². The minimum absolute atomic E-state index is 0.202. The van der Waals surface area contributed by atoms with Crippen molar-refractivity contribution in [3.63, 3.8) is 0 Å². The van der Waals surface area contributed by atoms with Crippen molar-refractivity contribution in [1.82, 2.24) is 4.98 Å². The first-order chi connectivity index (χ1) is 12.6. The third-order valence-corrected chi connectivity index (χ3v) is 5.43. The van der Waals surface area contributed by atoms with Crippen molar-refractivity contribution in [2.45, 2.75) is 33.1 Å². The third kappa shape index (κ3) is 4.34. The van der Waals surface area contributed by atoms with Crippen LogP contribution in [0.25, 0.3) is 10.2 Å². The molecule has 0 radical (unpaired) electrons. The number of amides is 1. The number of aromatic nitrogens is 1. The van der Waals surface area contributed by atoms with E-state index in [0.29, 0.717) is 28.1 Å². The summed E-state index contributed by atoms with van der Waals surface area (Å²) in [6, 6.07) is 11.0. The normalized spacial score (nSPS) is 10.9. The van der Waals surface area contributed by atoms with Crippen molar-refractivity contribution in [1.29, 1.82) is 0 Å². The average molecular weight is 389 g/mol. The Balaban J connectivity index is 1.71. The predicted octanol–water partition coefficient (Wildman–Crippen LogP) is 6.08. The number of unbranched alkanes of at least 4 members (excludes halogenated alkanes) is 2. The highest BCUT2D eigenvalue weighted by atomic mass is 35.5. The molecule has 3 aromatic rings. The Morgan fingerprint density at radius 1 is 1.27 bits per heavy atom. The number of aryl methyl sites for hydroxylation is 1. The molecule has 6 heteroatoms. The van der Waals surface area contributed by atoms with Crippen LogP contribution in [0.3, 0.4) is 0 Å². The summed E-state index contributed by atoms with van der Waals surface area (Å²) in [6.45, 7) is 4.74. The number of fused-ring (bicyclic) bond motifs is 1. The third-order valence-electron chi connectivity index (χ3n) is 4.08. The minimum Gasteiger partial charge on any atom is -0.494 e. The van der Waals surface area contributed by atoms with E-state index >= 15 is 0 Å². The average Bonchev–Trinajstić information content (AvgIpc) is 3.05. The molecule has 0 aliphatic heterocycles. The number of benzene rings is 2. The molecule has 1 N–H and O–H groups in total. The van der Waals surface area contributed by atoms with Gasteiger partial charge in [0.05, 0.1) is 16.8 Å². The first-order valence-electron chi connectivity index (χ1n) is 8.68. The summed E-state index contributed by atoms with van der Waals surface area (Å²) >= 11 is 7.57. The molecule has 0 saturated heterocycles. The summed E-state index contributed by atoms with van der Waals surface area (Å²) in [5.41, 5.74) is 2.29. The van der Waals surface area contributed by atoms with Crippen molar-refractivity contribution in [3.8, 4) is 5.75 Å². The summed E-state index contributed by atoms with van der Waals surface area (Å²) in [6.07, 6.45) is 3.31. The lowest BCUT2D eigenvalue weighted by Crippen LogP contribution is -2.11. The topological polar surface area (TPSA) is 51.2 Å². The molecular weight excluding hydrogens is 368 g/mol. The standard InChI is InChI=1S/C20H21ClN2O2S/c1-3-4-5-11-25-15-8-6-7-14(12-15)19(24)23-20-22-18-13(2)16(21)9-10-17(18)26-20/h6-10,12H,3-5,11H2,1-2H3,(H,22,23,24). The number of rotatable bonds is 7. The molecule has 0 atom stereocenters. The fourth-order valence-electron chi connectivity index (χ4n) is 2.59. The van der Waals surface area contributed by atoms with Gasteiger partial charge in [0, 0.05) is 10.6 Å². The van der Waals surface area contributed by atoms with Crippen LogP contribution in [0.1, 0.15) is 42.1 Å². The molecule has 0 bridgehead atoms.